The lowest BCUT2D eigenvalue weighted by Crippen LogP contribution is -2.46. The van der Waals surface area contributed by atoms with Gasteiger partial charge in [-0.2, -0.15) is 0 Å². The summed E-state index contributed by atoms with van der Waals surface area (Å²) in [5, 5.41) is 0. The van der Waals surface area contributed by atoms with Crippen LogP contribution in [0.4, 0.5) is 10.1 Å². The van der Waals surface area contributed by atoms with Crippen LogP contribution in [0.25, 0.3) is 0 Å². The highest BCUT2D eigenvalue weighted by atomic mass is 19.1. The molecule has 0 unspecified atom stereocenters. The highest BCUT2D eigenvalue weighted by molar-refractivity contribution is 5.44. The number of nitrogens with zero attached hydrogens (tertiary/aromatic N) is 3. The van der Waals surface area contributed by atoms with Gasteiger partial charge in [-0.05, 0) is 55.6 Å². The molecular weight excluding hydrogens is 289 g/mol. The molecule has 0 saturated carbocycles. The van der Waals surface area contributed by atoms with Gasteiger partial charge in [-0.3, -0.25) is 9.88 Å². The molecule has 2 heterocycles. The highest BCUT2D eigenvalue weighted by Gasteiger charge is 2.16. The summed E-state index contributed by atoms with van der Waals surface area (Å²) in [6.45, 7) is 5.58. The maximum absolute atomic E-state index is 12.9. The minimum absolute atomic E-state index is 0.152. The summed E-state index contributed by atoms with van der Waals surface area (Å²) in [5.74, 6) is -0.152. The second-order valence-electron chi connectivity index (χ2n) is 6.12. The lowest BCUT2D eigenvalue weighted by Gasteiger charge is -2.36. The van der Waals surface area contributed by atoms with E-state index in [1.807, 2.05) is 24.5 Å². The van der Waals surface area contributed by atoms with E-state index in [9.17, 15) is 4.39 Å². The van der Waals surface area contributed by atoms with Crippen LogP contribution >= 0.6 is 0 Å². The van der Waals surface area contributed by atoms with Gasteiger partial charge in [0.05, 0.1) is 0 Å². The Labute approximate surface area is 137 Å². The largest absolute Gasteiger partial charge is 0.369 e. The van der Waals surface area contributed by atoms with Crippen molar-refractivity contribution in [2.75, 3.05) is 37.6 Å². The normalized spacial score (nSPS) is 15.8. The van der Waals surface area contributed by atoms with Crippen molar-refractivity contribution in [2.24, 2.45) is 0 Å². The Morgan fingerprint density at radius 2 is 1.57 bits per heavy atom. The van der Waals surface area contributed by atoms with Crippen LogP contribution in [0.1, 0.15) is 18.4 Å². The number of benzene rings is 1. The Morgan fingerprint density at radius 3 is 2.26 bits per heavy atom. The average molecular weight is 313 g/mol. The van der Waals surface area contributed by atoms with Crippen molar-refractivity contribution in [1.82, 2.24) is 9.88 Å². The van der Waals surface area contributed by atoms with Crippen LogP contribution in [0, 0.1) is 5.82 Å². The first kappa shape index (κ1) is 15.9. The summed E-state index contributed by atoms with van der Waals surface area (Å²) in [4.78, 5) is 9.05. The average Bonchev–Trinajstić information content (AvgIpc) is 2.62. The molecule has 0 spiro atoms. The van der Waals surface area contributed by atoms with Crippen LogP contribution in [0.3, 0.4) is 0 Å². The first-order valence-electron chi connectivity index (χ1n) is 8.43. The van der Waals surface area contributed by atoms with Gasteiger partial charge < -0.3 is 4.90 Å². The van der Waals surface area contributed by atoms with E-state index in [1.54, 1.807) is 12.1 Å². The standard InChI is InChI=1S/C19H24FN3/c20-18-6-4-17(5-7-18)3-1-2-12-22-13-15-23(16-14-22)19-8-10-21-11-9-19/h4-11H,1-3,12-16H2. The molecule has 3 rings (SSSR count). The van der Waals surface area contributed by atoms with Gasteiger partial charge in [-0.1, -0.05) is 12.1 Å². The number of aryl methyl sites for hydroxylation is 1. The summed E-state index contributed by atoms with van der Waals surface area (Å²) in [5.41, 5.74) is 2.50. The zero-order valence-electron chi connectivity index (χ0n) is 13.5. The third-order valence-electron chi connectivity index (χ3n) is 4.50. The van der Waals surface area contributed by atoms with Gasteiger partial charge in [0.1, 0.15) is 5.82 Å². The maximum Gasteiger partial charge on any atom is 0.123 e. The number of anilines is 1. The molecule has 0 amide bonds. The number of aromatic nitrogens is 1. The Morgan fingerprint density at radius 1 is 0.870 bits per heavy atom. The van der Waals surface area contributed by atoms with Crippen molar-refractivity contribution in [2.45, 2.75) is 19.3 Å². The van der Waals surface area contributed by atoms with Crippen molar-refractivity contribution in [3.05, 3.63) is 60.2 Å². The second kappa shape index (κ2) is 8.06. The molecule has 0 aliphatic carbocycles. The first-order chi connectivity index (χ1) is 11.3. The fourth-order valence-electron chi connectivity index (χ4n) is 3.10. The molecule has 1 fully saturated rings. The quantitative estimate of drug-likeness (QED) is 0.762. The number of pyridine rings is 1. The Balaban J connectivity index is 1.34. The van der Waals surface area contributed by atoms with E-state index in [4.69, 9.17) is 0 Å². The molecule has 3 nitrogen and oxygen atoms in total. The first-order valence-corrected chi connectivity index (χ1v) is 8.43. The second-order valence-corrected chi connectivity index (χ2v) is 6.12. The fraction of sp³-hybridized carbons (Fsp3) is 0.421. The molecule has 1 aliphatic heterocycles. The van der Waals surface area contributed by atoms with E-state index in [0.717, 1.165) is 45.6 Å². The van der Waals surface area contributed by atoms with E-state index in [0.29, 0.717) is 0 Å². The van der Waals surface area contributed by atoms with Crippen molar-refractivity contribution < 1.29 is 4.39 Å². The van der Waals surface area contributed by atoms with E-state index in [2.05, 4.69) is 26.9 Å². The lowest BCUT2D eigenvalue weighted by molar-refractivity contribution is 0.253. The molecule has 1 aromatic heterocycles. The topological polar surface area (TPSA) is 19.4 Å². The molecule has 122 valence electrons. The van der Waals surface area contributed by atoms with Crippen LogP contribution in [0.5, 0.6) is 0 Å². The third-order valence-corrected chi connectivity index (χ3v) is 4.50. The van der Waals surface area contributed by atoms with Crippen LogP contribution in [-0.4, -0.2) is 42.6 Å². The van der Waals surface area contributed by atoms with E-state index < -0.39 is 0 Å². The van der Waals surface area contributed by atoms with Crippen molar-refractivity contribution in [3.63, 3.8) is 0 Å². The Kier molecular flexibility index (Phi) is 5.59. The Bertz CT molecular complexity index is 577. The molecular formula is C19H24FN3. The predicted octanol–water partition coefficient (Wildman–Crippen LogP) is 3.37. The summed E-state index contributed by atoms with van der Waals surface area (Å²) >= 11 is 0. The van der Waals surface area contributed by atoms with Gasteiger partial charge in [0.15, 0.2) is 0 Å². The van der Waals surface area contributed by atoms with Gasteiger partial charge in [-0.25, -0.2) is 4.39 Å². The van der Waals surface area contributed by atoms with Crippen LogP contribution in [-0.2, 0) is 6.42 Å². The van der Waals surface area contributed by atoms with Crippen LogP contribution < -0.4 is 4.90 Å². The fourth-order valence-corrected chi connectivity index (χ4v) is 3.10. The molecule has 23 heavy (non-hydrogen) atoms. The summed E-state index contributed by atoms with van der Waals surface area (Å²) < 4.78 is 12.9. The molecule has 0 bridgehead atoms. The minimum Gasteiger partial charge on any atom is -0.369 e. The number of hydrogen-bond acceptors (Lipinski definition) is 3. The molecule has 1 aromatic carbocycles. The minimum atomic E-state index is -0.152. The van der Waals surface area contributed by atoms with Crippen molar-refractivity contribution in [3.8, 4) is 0 Å². The Hall–Kier alpha value is -1.94. The summed E-state index contributed by atoms with van der Waals surface area (Å²) in [7, 11) is 0. The van der Waals surface area contributed by atoms with Gasteiger partial charge in [0.25, 0.3) is 0 Å². The number of unbranched alkanes of at least 4 members (excludes halogenated alkanes) is 1. The SMILES string of the molecule is Fc1ccc(CCCCN2CCN(c3ccncc3)CC2)cc1. The van der Waals surface area contributed by atoms with Gasteiger partial charge in [0.2, 0.25) is 0 Å². The van der Waals surface area contributed by atoms with E-state index in [1.165, 1.54) is 17.7 Å². The van der Waals surface area contributed by atoms with Crippen LogP contribution in [0.15, 0.2) is 48.8 Å². The molecule has 2 aromatic rings. The number of rotatable bonds is 6. The zero-order valence-corrected chi connectivity index (χ0v) is 13.5. The highest BCUT2D eigenvalue weighted by Crippen LogP contribution is 2.15. The smallest absolute Gasteiger partial charge is 0.123 e. The monoisotopic (exact) mass is 313 g/mol. The maximum atomic E-state index is 12.9. The number of hydrogen-bond donors (Lipinski definition) is 0. The molecule has 0 N–H and O–H groups in total. The van der Waals surface area contributed by atoms with Gasteiger partial charge in [-0.15, -0.1) is 0 Å². The summed E-state index contributed by atoms with van der Waals surface area (Å²) in [6, 6.07) is 11.0. The van der Waals surface area contributed by atoms with E-state index in [-0.39, 0.29) is 5.82 Å². The van der Waals surface area contributed by atoms with Crippen LogP contribution in [0.2, 0.25) is 0 Å². The van der Waals surface area contributed by atoms with Gasteiger partial charge in [0, 0.05) is 44.3 Å². The molecule has 0 atom stereocenters. The van der Waals surface area contributed by atoms with Crippen molar-refractivity contribution in [1.29, 1.82) is 0 Å². The summed E-state index contributed by atoms with van der Waals surface area (Å²) in [6.07, 6.45) is 7.12. The molecule has 0 radical (unpaired) electrons. The van der Waals surface area contributed by atoms with Crippen molar-refractivity contribution >= 4 is 5.69 Å². The number of halogens is 1. The molecule has 4 heteroatoms. The van der Waals surface area contributed by atoms with Gasteiger partial charge >= 0.3 is 0 Å². The van der Waals surface area contributed by atoms with E-state index >= 15 is 0 Å². The third kappa shape index (κ3) is 4.76. The lowest BCUT2D eigenvalue weighted by atomic mass is 10.1. The predicted molar refractivity (Wildman–Crippen MR) is 92.2 cm³/mol. The zero-order chi connectivity index (χ0) is 15.9. The molecule has 1 saturated heterocycles. The molecule has 1 aliphatic rings. The number of piperazine rings is 1.